The van der Waals surface area contributed by atoms with Gasteiger partial charge in [-0.3, -0.25) is 0 Å². The maximum absolute atomic E-state index is 11.7. The number of nitrogens with zero attached hydrogens (tertiary/aromatic N) is 1. The lowest BCUT2D eigenvalue weighted by Gasteiger charge is -2.08. The van der Waals surface area contributed by atoms with Crippen LogP contribution in [0.5, 0.6) is 0 Å². The molecule has 0 fully saturated rings. The van der Waals surface area contributed by atoms with Crippen LogP contribution < -0.4 is 10.6 Å². The van der Waals surface area contributed by atoms with Crippen LogP contribution in [0.3, 0.4) is 0 Å². The third-order valence-corrected chi connectivity index (χ3v) is 1.36. The largest absolute Gasteiger partial charge is 0.405 e. The Kier molecular flexibility index (Phi) is 3.53. The van der Waals surface area contributed by atoms with Gasteiger partial charge in [0.25, 0.3) is 0 Å². The molecule has 1 aromatic rings. The molecule has 2 amide bonds. The number of hydrogen-bond acceptors (Lipinski definition) is 3. The number of nitrogens with one attached hydrogen (secondary N) is 2. The Morgan fingerprint density at radius 2 is 2.20 bits per heavy atom. The van der Waals surface area contributed by atoms with Gasteiger partial charge in [0.05, 0.1) is 12.7 Å². The first-order valence-corrected chi connectivity index (χ1v) is 3.95. The van der Waals surface area contributed by atoms with E-state index in [0.717, 1.165) is 0 Å². The Labute approximate surface area is 82.6 Å². The van der Waals surface area contributed by atoms with E-state index in [0.29, 0.717) is 5.76 Å². The zero-order valence-corrected chi connectivity index (χ0v) is 7.47. The van der Waals surface area contributed by atoms with E-state index in [1.807, 2.05) is 0 Å². The van der Waals surface area contributed by atoms with E-state index in [1.165, 1.54) is 12.3 Å². The first kappa shape index (κ1) is 11.3. The third-order valence-electron chi connectivity index (χ3n) is 1.36. The average Bonchev–Trinajstić information content (AvgIpc) is 2.62. The summed E-state index contributed by atoms with van der Waals surface area (Å²) in [6.45, 7) is -1.38. The maximum Gasteiger partial charge on any atom is 0.405 e. The summed E-state index contributed by atoms with van der Waals surface area (Å²) in [6, 6.07) is 0.577. The molecular weight excluding hydrogens is 215 g/mol. The second-order valence-corrected chi connectivity index (χ2v) is 2.63. The van der Waals surface area contributed by atoms with E-state index in [1.54, 1.807) is 5.32 Å². The lowest BCUT2D eigenvalue weighted by molar-refractivity contribution is -0.122. The number of amides is 2. The smallest absolute Gasteiger partial charge is 0.360 e. The van der Waals surface area contributed by atoms with E-state index in [9.17, 15) is 18.0 Å². The minimum absolute atomic E-state index is 0.0102. The van der Waals surface area contributed by atoms with E-state index in [-0.39, 0.29) is 6.54 Å². The van der Waals surface area contributed by atoms with Crippen molar-refractivity contribution in [3.8, 4) is 0 Å². The number of urea groups is 1. The predicted molar refractivity (Wildman–Crippen MR) is 42.8 cm³/mol. The highest BCUT2D eigenvalue weighted by molar-refractivity contribution is 5.73. The lowest BCUT2D eigenvalue weighted by atomic mass is 10.4. The molecule has 0 aliphatic heterocycles. The summed E-state index contributed by atoms with van der Waals surface area (Å²) in [7, 11) is 0. The number of halogens is 3. The van der Waals surface area contributed by atoms with Crippen molar-refractivity contribution < 1.29 is 22.5 Å². The number of rotatable bonds is 3. The molecule has 0 aliphatic carbocycles. The summed E-state index contributed by atoms with van der Waals surface area (Å²) in [6.07, 6.45) is -3.05. The second-order valence-electron chi connectivity index (χ2n) is 2.63. The zero-order chi connectivity index (χ0) is 11.3. The normalized spacial score (nSPS) is 11.1. The number of carbonyl (C=O) groups excluding carboxylic acids is 1. The van der Waals surface area contributed by atoms with E-state index >= 15 is 0 Å². The van der Waals surface area contributed by atoms with E-state index < -0.39 is 18.8 Å². The summed E-state index contributed by atoms with van der Waals surface area (Å²) in [5.41, 5.74) is 0. The topological polar surface area (TPSA) is 67.2 Å². The highest BCUT2D eigenvalue weighted by Crippen LogP contribution is 2.11. The van der Waals surface area contributed by atoms with Crippen LogP contribution in [-0.4, -0.2) is 23.9 Å². The molecule has 0 aromatic carbocycles. The predicted octanol–water partition coefficient (Wildman–Crippen LogP) is 1.04. The van der Waals surface area contributed by atoms with Crippen LogP contribution in [0.15, 0.2) is 16.8 Å². The summed E-state index contributed by atoms with van der Waals surface area (Å²) < 4.78 is 39.6. The molecule has 0 unspecified atom stereocenters. The molecule has 2 N–H and O–H groups in total. The molecule has 8 heteroatoms. The molecule has 0 aliphatic rings. The van der Waals surface area contributed by atoms with Gasteiger partial charge in [-0.25, -0.2) is 4.79 Å². The zero-order valence-electron chi connectivity index (χ0n) is 7.47. The van der Waals surface area contributed by atoms with Crippen LogP contribution in [0.1, 0.15) is 5.76 Å². The minimum atomic E-state index is -4.41. The Morgan fingerprint density at radius 3 is 2.73 bits per heavy atom. The quantitative estimate of drug-likeness (QED) is 0.804. The van der Waals surface area contributed by atoms with Crippen molar-refractivity contribution in [3.05, 3.63) is 18.0 Å². The summed E-state index contributed by atoms with van der Waals surface area (Å²) in [5.74, 6) is 0.358. The average molecular weight is 223 g/mol. The van der Waals surface area contributed by atoms with Crippen molar-refractivity contribution in [2.45, 2.75) is 12.7 Å². The van der Waals surface area contributed by atoms with Gasteiger partial charge in [0.2, 0.25) is 0 Å². The maximum atomic E-state index is 11.7. The monoisotopic (exact) mass is 223 g/mol. The Balaban J connectivity index is 2.20. The number of hydrogen-bond donors (Lipinski definition) is 2. The molecule has 0 saturated carbocycles. The van der Waals surface area contributed by atoms with Crippen LogP contribution in [0.25, 0.3) is 0 Å². The summed E-state index contributed by atoms with van der Waals surface area (Å²) >= 11 is 0. The highest BCUT2D eigenvalue weighted by Gasteiger charge is 2.27. The van der Waals surface area contributed by atoms with Crippen LogP contribution in [0.4, 0.5) is 18.0 Å². The standard InChI is InChI=1S/C7H8F3N3O2/c8-7(9,10)4-12-6(14)11-3-5-1-2-13-15-5/h1-2H,3-4H2,(H2,11,12,14). The molecule has 1 rings (SSSR count). The number of aromatic nitrogens is 1. The van der Waals surface area contributed by atoms with Gasteiger partial charge in [-0.1, -0.05) is 5.16 Å². The summed E-state index contributed by atoms with van der Waals surface area (Å²) in [4.78, 5) is 10.8. The Morgan fingerprint density at radius 1 is 1.47 bits per heavy atom. The molecule has 15 heavy (non-hydrogen) atoms. The van der Waals surface area contributed by atoms with Crippen molar-refractivity contribution >= 4 is 6.03 Å². The van der Waals surface area contributed by atoms with E-state index in [2.05, 4.69) is 15.0 Å². The van der Waals surface area contributed by atoms with E-state index in [4.69, 9.17) is 0 Å². The molecule has 0 saturated heterocycles. The van der Waals surface area contributed by atoms with Gasteiger partial charge < -0.3 is 15.2 Å². The van der Waals surface area contributed by atoms with Crippen molar-refractivity contribution in [1.29, 1.82) is 0 Å². The number of alkyl halides is 3. The first-order valence-electron chi connectivity index (χ1n) is 3.95. The SMILES string of the molecule is O=C(NCc1ccno1)NCC(F)(F)F. The second kappa shape index (κ2) is 4.67. The van der Waals surface area contributed by atoms with Crippen molar-refractivity contribution in [2.24, 2.45) is 0 Å². The van der Waals surface area contributed by atoms with Crippen LogP contribution in [0.2, 0.25) is 0 Å². The van der Waals surface area contributed by atoms with Gasteiger partial charge in [-0.05, 0) is 0 Å². The van der Waals surface area contributed by atoms with Crippen molar-refractivity contribution in [2.75, 3.05) is 6.54 Å². The molecule has 5 nitrogen and oxygen atoms in total. The van der Waals surface area contributed by atoms with Gasteiger partial charge >= 0.3 is 12.2 Å². The van der Waals surface area contributed by atoms with Crippen LogP contribution >= 0.6 is 0 Å². The van der Waals surface area contributed by atoms with Gasteiger partial charge in [0, 0.05) is 6.07 Å². The van der Waals surface area contributed by atoms with Gasteiger partial charge in [-0.2, -0.15) is 13.2 Å². The van der Waals surface area contributed by atoms with Crippen molar-refractivity contribution in [1.82, 2.24) is 15.8 Å². The molecule has 1 aromatic heterocycles. The van der Waals surface area contributed by atoms with Crippen LogP contribution in [0, 0.1) is 0 Å². The molecule has 84 valence electrons. The molecule has 0 bridgehead atoms. The molecule has 0 spiro atoms. The summed E-state index contributed by atoms with van der Waals surface area (Å²) in [5, 5.41) is 7.18. The number of carbonyl (C=O) groups is 1. The molecule has 0 radical (unpaired) electrons. The fourth-order valence-electron chi connectivity index (χ4n) is 0.744. The molecule has 0 atom stereocenters. The van der Waals surface area contributed by atoms with Crippen molar-refractivity contribution in [3.63, 3.8) is 0 Å². The third kappa shape index (κ3) is 4.89. The highest BCUT2D eigenvalue weighted by atomic mass is 19.4. The van der Waals surface area contributed by atoms with Gasteiger partial charge in [0.1, 0.15) is 6.54 Å². The van der Waals surface area contributed by atoms with Gasteiger partial charge in [-0.15, -0.1) is 0 Å². The fraction of sp³-hybridized carbons (Fsp3) is 0.429. The molecule has 1 heterocycles. The Bertz CT molecular complexity index is 310. The fourth-order valence-corrected chi connectivity index (χ4v) is 0.744. The first-order chi connectivity index (χ1) is 6.97. The lowest BCUT2D eigenvalue weighted by Crippen LogP contribution is -2.40. The van der Waals surface area contributed by atoms with Crippen LogP contribution in [-0.2, 0) is 6.54 Å². The Hall–Kier alpha value is -1.73. The van der Waals surface area contributed by atoms with Gasteiger partial charge in [0.15, 0.2) is 5.76 Å². The molecular formula is C7H8F3N3O2. The minimum Gasteiger partial charge on any atom is -0.360 e.